The molecule has 1 aromatic rings. The highest BCUT2D eigenvalue weighted by molar-refractivity contribution is 7.99. The number of anilines is 1. The van der Waals surface area contributed by atoms with E-state index in [-0.39, 0.29) is 16.1 Å². The average Bonchev–Trinajstić information content (AvgIpc) is 2.68. The van der Waals surface area contributed by atoms with E-state index in [1.54, 1.807) is 0 Å². The Labute approximate surface area is 152 Å². The number of nitrogens with zero attached hydrogens (tertiary/aromatic N) is 1. The summed E-state index contributed by atoms with van der Waals surface area (Å²) < 4.78 is 104. The molecule has 146 valence electrons. The lowest BCUT2D eigenvalue weighted by Crippen LogP contribution is -2.38. The largest absolute Gasteiger partial charge is 0.398 e. The van der Waals surface area contributed by atoms with Gasteiger partial charge in [-0.2, -0.15) is 30.7 Å². The highest BCUT2D eigenvalue weighted by Gasteiger charge is 2.63. The predicted octanol–water partition coefficient (Wildman–Crippen LogP) is 5.07. The molecule has 0 spiro atoms. The maximum Gasteiger partial charge on any atom is 0.398 e. The Kier molecular flexibility index (Phi) is 5.67. The molecule has 1 heterocycles. The van der Waals surface area contributed by atoms with E-state index in [1.807, 2.05) is 0 Å². The molecule has 0 saturated carbocycles. The second kappa shape index (κ2) is 7.02. The Morgan fingerprint density at radius 3 is 2.23 bits per heavy atom. The summed E-state index contributed by atoms with van der Waals surface area (Å²) in [5.74, 6) is -10.7. The molecule has 0 atom stereocenters. The molecule has 0 amide bonds. The number of hydrogen-bond donors (Lipinski definition) is 1. The molecule has 2 rings (SSSR count). The summed E-state index contributed by atoms with van der Waals surface area (Å²) in [5.41, 5.74) is -0.156. The third kappa shape index (κ3) is 4.70. The van der Waals surface area contributed by atoms with E-state index in [1.165, 1.54) is 6.92 Å². The van der Waals surface area contributed by atoms with Gasteiger partial charge in [-0.15, -0.1) is 11.8 Å². The fourth-order valence-corrected chi connectivity index (χ4v) is 3.21. The van der Waals surface area contributed by atoms with Crippen LogP contribution in [0.2, 0.25) is 0 Å². The molecule has 0 bridgehead atoms. The summed E-state index contributed by atoms with van der Waals surface area (Å²) in [6, 6.07) is 1.97. The van der Waals surface area contributed by atoms with Crippen molar-refractivity contribution >= 4 is 34.8 Å². The van der Waals surface area contributed by atoms with Crippen molar-refractivity contribution in [3.8, 4) is 0 Å². The van der Waals surface area contributed by atoms with E-state index < -0.39 is 47.8 Å². The van der Waals surface area contributed by atoms with Gasteiger partial charge in [0.2, 0.25) is 0 Å². The summed E-state index contributed by atoms with van der Waals surface area (Å²) in [6.45, 7) is -1.31. The minimum Gasteiger partial charge on any atom is -0.336 e. The van der Waals surface area contributed by atoms with Crippen molar-refractivity contribution in [2.45, 2.75) is 29.8 Å². The number of rotatable bonds is 3. The van der Waals surface area contributed by atoms with Crippen LogP contribution in [0.1, 0.15) is 5.56 Å². The van der Waals surface area contributed by atoms with Gasteiger partial charge in [0.15, 0.2) is 5.11 Å². The van der Waals surface area contributed by atoms with Crippen LogP contribution in [0, 0.1) is 12.7 Å². The molecular formula is C14H12F8N2S2. The molecule has 0 aromatic heterocycles. The van der Waals surface area contributed by atoms with Crippen molar-refractivity contribution in [3.05, 3.63) is 23.5 Å². The normalized spacial score (nSPS) is 18.9. The fraction of sp³-hybridized carbons (Fsp3) is 0.500. The maximum atomic E-state index is 14.0. The number of thiocarbonyl (C=S) groups is 1. The van der Waals surface area contributed by atoms with Gasteiger partial charge in [-0.1, -0.05) is 0 Å². The van der Waals surface area contributed by atoms with Gasteiger partial charge in [0.25, 0.3) is 0 Å². The van der Waals surface area contributed by atoms with Crippen molar-refractivity contribution in [1.82, 2.24) is 4.90 Å². The topological polar surface area (TPSA) is 15.3 Å². The molecule has 0 radical (unpaired) electrons. The summed E-state index contributed by atoms with van der Waals surface area (Å²) in [6.07, 6.45) is -4.44. The smallest absolute Gasteiger partial charge is 0.336 e. The zero-order chi connectivity index (χ0) is 19.9. The molecule has 1 saturated heterocycles. The Hall–Kier alpha value is -1.30. The van der Waals surface area contributed by atoms with Crippen LogP contribution in [0.4, 0.5) is 40.8 Å². The Morgan fingerprint density at radius 1 is 1.19 bits per heavy atom. The third-order valence-electron chi connectivity index (χ3n) is 3.50. The minimum atomic E-state index is -4.44. The first-order valence-electron chi connectivity index (χ1n) is 7.03. The van der Waals surface area contributed by atoms with E-state index in [0.29, 0.717) is 16.7 Å². The van der Waals surface area contributed by atoms with Crippen molar-refractivity contribution in [1.29, 1.82) is 0 Å². The van der Waals surface area contributed by atoms with E-state index >= 15 is 0 Å². The van der Waals surface area contributed by atoms with E-state index in [9.17, 15) is 35.1 Å². The van der Waals surface area contributed by atoms with Crippen molar-refractivity contribution in [2.75, 3.05) is 24.2 Å². The molecule has 1 N–H and O–H groups in total. The number of thioether (sulfide) groups is 1. The van der Waals surface area contributed by atoms with Gasteiger partial charge < -0.3 is 10.2 Å². The van der Waals surface area contributed by atoms with Crippen molar-refractivity contribution in [2.24, 2.45) is 0 Å². The SMILES string of the molecule is Cc1cc(F)c(NC(=S)N2CC(F)(F)C(F)(F)C2)cc1SCC(F)(F)F. The Morgan fingerprint density at radius 2 is 1.73 bits per heavy atom. The lowest BCUT2D eigenvalue weighted by molar-refractivity contribution is -0.172. The molecule has 26 heavy (non-hydrogen) atoms. The van der Waals surface area contributed by atoms with E-state index in [0.717, 1.165) is 12.1 Å². The number of likely N-dealkylation sites (tertiary alicyclic amines) is 1. The van der Waals surface area contributed by atoms with Gasteiger partial charge in [-0.05, 0) is 36.8 Å². The first kappa shape index (κ1) is 21.0. The number of hydrogen-bond acceptors (Lipinski definition) is 2. The summed E-state index contributed by atoms with van der Waals surface area (Å²) in [5, 5.41) is 1.64. The number of alkyl halides is 7. The van der Waals surface area contributed by atoms with E-state index in [4.69, 9.17) is 12.2 Å². The van der Waals surface area contributed by atoms with Gasteiger partial charge in [0, 0.05) is 4.90 Å². The first-order valence-corrected chi connectivity index (χ1v) is 8.42. The number of nitrogens with one attached hydrogen (secondary N) is 1. The first-order chi connectivity index (χ1) is 11.7. The van der Waals surface area contributed by atoms with Crippen LogP contribution in [0.15, 0.2) is 17.0 Å². The quantitative estimate of drug-likeness (QED) is 0.414. The highest BCUT2D eigenvalue weighted by atomic mass is 32.2. The standard InChI is InChI=1S/C14H12F8N2S2/c1-7-2-8(15)9(3-10(7)26-6-14(20,21)22)23-11(25)24-4-12(16,17)13(18,19)5-24/h2-3H,4-6H2,1H3,(H,23,25). The number of halogens is 8. The molecule has 0 aliphatic carbocycles. The number of benzene rings is 1. The predicted molar refractivity (Wildman–Crippen MR) is 85.6 cm³/mol. The zero-order valence-corrected chi connectivity index (χ0v) is 14.7. The lowest BCUT2D eigenvalue weighted by atomic mass is 10.2. The van der Waals surface area contributed by atoms with E-state index in [2.05, 4.69) is 5.32 Å². The van der Waals surface area contributed by atoms with Gasteiger partial charge in [0.05, 0.1) is 24.5 Å². The molecule has 1 aromatic carbocycles. The lowest BCUT2D eigenvalue weighted by Gasteiger charge is -2.20. The van der Waals surface area contributed by atoms with Crippen LogP contribution in [0.3, 0.4) is 0 Å². The van der Waals surface area contributed by atoms with Crippen molar-refractivity contribution < 1.29 is 35.1 Å². The summed E-state index contributed by atoms with van der Waals surface area (Å²) in [4.78, 5) is 0.572. The molecule has 1 aliphatic heterocycles. The van der Waals surface area contributed by atoms with Crippen LogP contribution >= 0.6 is 24.0 Å². The molecule has 2 nitrogen and oxygen atoms in total. The monoisotopic (exact) mass is 424 g/mol. The molecule has 0 unspecified atom stereocenters. The third-order valence-corrected chi connectivity index (χ3v) is 5.08. The second-order valence-electron chi connectivity index (χ2n) is 5.70. The average molecular weight is 424 g/mol. The van der Waals surface area contributed by atoms with Crippen molar-refractivity contribution in [3.63, 3.8) is 0 Å². The maximum absolute atomic E-state index is 14.0. The molecule has 1 fully saturated rings. The zero-order valence-electron chi connectivity index (χ0n) is 13.1. The minimum absolute atomic E-state index is 0.0890. The van der Waals surface area contributed by atoms with Crippen LogP contribution in [0.5, 0.6) is 0 Å². The van der Waals surface area contributed by atoms with Crippen LogP contribution in [0.25, 0.3) is 0 Å². The van der Waals surface area contributed by atoms with Crippen LogP contribution in [-0.4, -0.2) is 46.9 Å². The van der Waals surface area contributed by atoms with Gasteiger partial charge in [0.1, 0.15) is 5.82 Å². The van der Waals surface area contributed by atoms with Gasteiger partial charge in [-0.25, -0.2) is 4.39 Å². The van der Waals surface area contributed by atoms with Crippen LogP contribution < -0.4 is 5.32 Å². The van der Waals surface area contributed by atoms with Gasteiger partial charge >= 0.3 is 18.0 Å². The second-order valence-corrected chi connectivity index (χ2v) is 7.10. The van der Waals surface area contributed by atoms with Gasteiger partial charge in [-0.3, -0.25) is 0 Å². The molecule has 1 aliphatic rings. The summed E-state index contributed by atoms with van der Waals surface area (Å²) >= 11 is 5.16. The molecular weight excluding hydrogens is 412 g/mol. The highest BCUT2D eigenvalue weighted by Crippen LogP contribution is 2.41. The van der Waals surface area contributed by atoms with Crippen LogP contribution in [-0.2, 0) is 0 Å². The summed E-state index contributed by atoms with van der Waals surface area (Å²) in [7, 11) is 0. The fourth-order valence-electron chi connectivity index (χ4n) is 2.17. The Balaban J connectivity index is 2.15. The Bertz CT molecular complexity index is 689. The number of aryl methyl sites for hydroxylation is 1. The molecule has 12 heteroatoms.